The second kappa shape index (κ2) is 4.56. The summed E-state index contributed by atoms with van der Waals surface area (Å²) in [5.41, 5.74) is 4.63. The Balaban J connectivity index is 2.96. The van der Waals surface area contributed by atoms with Crippen LogP contribution < -0.4 is 10.6 Å². The molecular weight excluding hydrogens is 262 g/mol. The number of sulfonamides is 1. The average molecular weight is 268 g/mol. The van der Waals surface area contributed by atoms with Gasteiger partial charge in [0.25, 0.3) is 10.0 Å². The van der Waals surface area contributed by atoms with Crippen LogP contribution >= 0.6 is 0 Å². The number of primary amides is 1. The zero-order valence-corrected chi connectivity index (χ0v) is 9.12. The Kier molecular flexibility index (Phi) is 3.58. The number of rotatable bonds is 4. The molecule has 12 heteroatoms. The first-order valence-corrected chi connectivity index (χ1v) is 6.07. The molecule has 1 aromatic heterocycles. The normalized spacial score (nSPS) is 13.3. The molecule has 0 saturated heterocycles. The third-order valence-corrected chi connectivity index (χ3v) is 3.12. The Morgan fingerprint density at radius 3 is 2.69 bits per heavy atom. The highest BCUT2D eigenvalue weighted by Crippen LogP contribution is 2.01. The van der Waals surface area contributed by atoms with Gasteiger partial charge >= 0.3 is 6.03 Å². The lowest BCUT2D eigenvalue weighted by Crippen LogP contribution is -2.49. The number of aromatic nitrogens is 2. The van der Waals surface area contributed by atoms with E-state index < -0.39 is 32.5 Å². The summed E-state index contributed by atoms with van der Waals surface area (Å²) in [7, 11) is -4.29. The van der Waals surface area contributed by atoms with Gasteiger partial charge in [0, 0.05) is 12.4 Å². The van der Waals surface area contributed by atoms with Crippen LogP contribution in [-0.2, 0) is 21.3 Å². The van der Waals surface area contributed by atoms with Crippen molar-refractivity contribution in [3.63, 3.8) is 0 Å². The van der Waals surface area contributed by atoms with Gasteiger partial charge in [-0.25, -0.2) is 18.2 Å². The van der Waals surface area contributed by atoms with Crippen molar-refractivity contribution in [2.24, 2.45) is 5.73 Å². The Labute approximate surface area is 92.3 Å². The van der Waals surface area contributed by atoms with Crippen LogP contribution in [0.4, 0.5) is 4.79 Å². The van der Waals surface area contributed by atoms with Crippen LogP contribution in [0.25, 0.3) is 0 Å². The summed E-state index contributed by atoms with van der Waals surface area (Å²) in [6.07, 6.45) is 2.34. The second-order valence-corrected chi connectivity index (χ2v) is 4.71. The number of nitrogens with zero attached hydrogens (tertiary/aromatic N) is 2. The Morgan fingerprint density at radius 1 is 1.69 bits per heavy atom. The van der Waals surface area contributed by atoms with E-state index in [0.29, 0.717) is 0 Å². The number of H-pyrrole nitrogens is 1. The summed E-state index contributed by atoms with van der Waals surface area (Å²) in [4.78, 5) is 17.6. The van der Waals surface area contributed by atoms with Crippen molar-refractivity contribution in [1.82, 2.24) is 19.2 Å². The largest absolute Gasteiger partial charge is 0.754 e. The highest BCUT2D eigenvalue weighted by atomic mass is 32.2. The number of nitrogens with two attached hydrogens (primary N) is 1. The highest BCUT2D eigenvalue weighted by molar-refractivity contribution is 7.90. The van der Waals surface area contributed by atoms with Crippen LogP contribution in [0.1, 0.15) is 0 Å². The zero-order valence-electron chi connectivity index (χ0n) is 7.48. The van der Waals surface area contributed by atoms with Crippen LogP contribution in [-0.4, -0.2) is 37.6 Å². The van der Waals surface area contributed by atoms with Crippen molar-refractivity contribution in [2.75, 3.05) is 0 Å². The number of hydrogen-bond donors (Lipinski definition) is 3. The topological polar surface area (TPSA) is 161 Å². The molecule has 0 bridgehead atoms. The summed E-state index contributed by atoms with van der Waals surface area (Å²) < 4.78 is 43.4. The molecule has 16 heavy (non-hydrogen) atoms. The lowest BCUT2D eigenvalue weighted by Gasteiger charge is -2.21. The quantitative estimate of drug-likeness (QED) is 0.413. The average Bonchev–Trinajstić information content (AvgIpc) is 2.66. The molecule has 90 valence electrons. The molecule has 0 fully saturated rings. The fraction of sp³-hybridized carbons (Fsp3) is 0. The molecular formula is C4H6N5O5S2-. The predicted molar refractivity (Wildman–Crippen MR) is 49.3 cm³/mol. The molecule has 1 rings (SSSR count). The first kappa shape index (κ1) is 12.6. The van der Waals surface area contributed by atoms with Gasteiger partial charge in [0.2, 0.25) is 5.16 Å². The predicted octanol–water partition coefficient (Wildman–Crippen LogP) is -2.22. The van der Waals surface area contributed by atoms with Crippen molar-refractivity contribution in [2.45, 2.75) is 5.16 Å². The van der Waals surface area contributed by atoms with Gasteiger partial charge < -0.3 is 15.3 Å². The third-order valence-electron chi connectivity index (χ3n) is 1.28. The van der Waals surface area contributed by atoms with E-state index in [0.717, 1.165) is 6.20 Å². The fourth-order valence-electron chi connectivity index (χ4n) is 0.699. The molecule has 1 aromatic rings. The van der Waals surface area contributed by atoms with Crippen LogP contribution in [0.5, 0.6) is 0 Å². The van der Waals surface area contributed by atoms with Crippen LogP contribution in [0, 0.1) is 0 Å². The molecule has 0 radical (unpaired) electrons. The number of imidazole rings is 1. The van der Waals surface area contributed by atoms with Crippen LogP contribution in [0.15, 0.2) is 17.6 Å². The van der Waals surface area contributed by atoms with E-state index in [1.165, 1.54) is 11.0 Å². The zero-order chi connectivity index (χ0) is 12.3. The van der Waals surface area contributed by atoms with Gasteiger partial charge in [-0.15, -0.1) is 4.83 Å². The maximum Gasteiger partial charge on any atom is 0.341 e. The summed E-state index contributed by atoms with van der Waals surface area (Å²) in [5.74, 6) is 0. The summed E-state index contributed by atoms with van der Waals surface area (Å²) in [6.45, 7) is 0. The van der Waals surface area contributed by atoms with Gasteiger partial charge in [-0.2, -0.15) is 4.41 Å². The molecule has 10 nitrogen and oxygen atoms in total. The number of hydrazine groups is 1. The number of nitrogens with one attached hydrogen (secondary N) is 2. The first-order valence-electron chi connectivity index (χ1n) is 3.55. The molecule has 1 unspecified atom stereocenters. The van der Waals surface area contributed by atoms with Crippen LogP contribution in [0.3, 0.4) is 0 Å². The molecule has 0 aliphatic carbocycles. The lowest BCUT2D eigenvalue weighted by atomic mass is 11.0. The first-order chi connectivity index (χ1) is 7.34. The van der Waals surface area contributed by atoms with Gasteiger partial charge in [0.15, 0.2) is 0 Å². The van der Waals surface area contributed by atoms with E-state index in [9.17, 15) is 22.0 Å². The second-order valence-electron chi connectivity index (χ2n) is 2.34. The molecule has 1 heterocycles. The summed E-state index contributed by atoms with van der Waals surface area (Å²) >= 11 is -3.16. The molecule has 0 aliphatic rings. The fourth-order valence-corrected chi connectivity index (χ4v) is 2.20. The summed E-state index contributed by atoms with van der Waals surface area (Å²) in [5, 5.41) is -0.552. The number of aromatic amines is 1. The van der Waals surface area contributed by atoms with E-state index in [4.69, 9.17) is 0 Å². The number of urea groups is 1. The number of hydrogen-bond acceptors (Lipinski definition) is 6. The van der Waals surface area contributed by atoms with Crippen molar-refractivity contribution in [3.05, 3.63) is 12.4 Å². The molecule has 1 atom stereocenters. The van der Waals surface area contributed by atoms with E-state index in [-0.39, 0.29) is 4.41 Å². The van der Waals surface area contributed by atoms with Crippen molar-refractivity contribution in [3.8, 4) is 0 Å². The maximum absolute atomic E-state index is 11.4. The van der Waals surface area contributed by atoms with E-state index in [2.05, 4.69) is 15.7 Å². The molecule has 0 aromatic carbocycles. The Bertz CT molecular complexity index is 481. The monoisotopic (exact) mass is 268 g/mol. The van der Waals surface area contributed by atoms with Crippen molar-refractivity contribution < 1.29 is 22.0 Å². The van der Waals surface area contributed by atoms with E-state index >= 15 is 0 Å². The molecule has 2 amide bonds. The minimum atomic E-state index is -4.29. The van der Waals surface area contributed by atoms with Gasteiger partial charge in [-0.3, -0.25) is 4.21 Å². The minimum absolute atomic E-state index is 0.280. The Hall–Kier alpha value is -1.50. The smallest absolute Gasteiger partial charge is 0.341 e. The van der Waals surface area contributed by atoms with Gasteiger partial charge in [0.1, 0.15) is 0 Å². The number of amides is 2. The lowest BCUT2D eigenvalue weighted by molar-refractivity contribution is 0.226. The maximum atomic E-state index is 11.4. The Morgan fingerprint density at radius 2 is 2.31 bits per heavy atom. The number of carbonyl (C=O) groups is 1. The molecule has 0 spiro atoms. The van der Waals surface area contributed by atoms with Gasteiger partial charge in [0.05, 0.1) is 11.3 Å². The van der Waals surface area contributed by atoms with Crippen molar-refractivity contribution in [1.29, 1.82) is 0 Å². The number of carbonyl (C=O) groups excluding carboxylic acids is 1. The molecule has 4 N–H and O–H groups in total. The van der Waals surface area contributed by atoms with E-state index in [1.807, 2.05) is 0 Å². The van der Waals surface area contributed by atoms with Crippen molar-refractivity contribution >= 4 is 27.3 Å². The minimum Gasteiger partial charge on any atom is -0.754 e. The van der Waals surface area contributed by atoms with Gasteiger partial charge in [-0.1, -0.05) is 0 Å². The summed E-state index contributed by atoms with van der Waals surface area (Å²) in [6, 6.07) is -1.50. The molecule has 0 aliphatic heterocycles. The van der Waals surface area contributed by atoms with E-state index in [1.54, 1.807) is 0 Å². The molecule has 0 saturated carbocycles. The van der Waals surface area contributed by atoms with Crippen LogP contribution in [0.2, 0.25) is 0 Å². The van der Waals surface area contributed by atoms with Gasteiger partial charge in [-0.05, 0) is 0 Å². The highest BCUT2D eigenvalue weighted by Gasteiger charge is 2.23. The standard InChI is InChI=1S/C4H7N5O5S2/c5-3(10)9(15(11)12)8-16(13,14)4-6-1-2-7-4/h1-2,8H,(H2,5,10)(H,6,7)(H,11,12)/p-1. The SMILES string of the molecule is NC(=O)N(NS(=O)(=O)c1ncc[nH]1)S(=O)[O-]. The third kappa shape index (κ3) is 2.75.